The van der Waals surface area contributed by atoms with Gasteiger partial charge in [0.25, 0.3) is 0 Å². The highest BCUT2D eigenvalue weighted by molar-refractivity contribution is 6.01. The maximum Gasteiger partial charge on any atom is 0.326 e. The fourth-order valence-corrected chi connectivity index (χ4v) is 1.95. The first-order valence-electron chi connectivity index (χ1n) is 6.38. The summed E-state index contributed by atoms with van der Waals surface area (Å²) in [7, 11) is 1.54. The second-order valence-corrected chi connectivity index (χ2v) is 4.85. The van der Waals surface area contributed by atoms with E-state index in [1.54, 1.807) is 14.0 Å². The van der Waals surface area contributed by atoms with Crippen molar-refractivity contribution in [1.82, 2.24) is 15.1 Å². The van der Waals surface area contributed by atoms with Crippen LogP contribution in [0.15, 0.2) is 0 Å². The summed E-state index contributed by atoms with van der Waals surface area (Å²) in [6, 6.07) is -0.796. The molecule has 0 radical (unpaired) electrons. The van der Waals surface area contributed by atoms with Crippen LogP contribution in [-0.2, 0) is 14.4 Å². The number of hydrogen-bond acceptors (Lipinski definition) is 4. The Bertz CT molecular complexity index is 423. The van der Waals surface area contributed by atoms with Crippen LogP contribution in [0, 0.1) is 0 Å². The minimum atomic E-state index is -0.978. The zero-order valence-electron chi connectivity index (χ0n) is 11.6. The summed E-state index contributed by atoms with van der Waals surface area (Å²) in [5.41, 5.74) is 0. The van der Waals surface area contributed by atoms with Crippen molar-refractivity contribution in [1.29, 1.82) is 0 Å². The van der Waals surface area contributed by atoms with E-state index in [1.165, 1.54) is 4.90 Å². The molecule has 0 aromatic rings. The third-order valence-corrected chi connectivity index (χ3v) is 2.90. The molecule has 0 aromatic carbocycles. The van der Waals surface area contributed by atoms with Crippen LogP contribution < -0.4 is 5.32 Å². The lowest BCUT2D eigenvalue weighted by atomic mass is 10.2. The van der Waals surface area contributed by atoms with E-state index in [2.05, 4.69) is 5.32 Å². The lowest BCUT2D eigenvalue weighted by molar-refractivity contribution is -0.137. The molecule has 1 saturated heterocycles. The molecular weight excluding hydrogens is 266 g/mol. The van der Waals surface area contributed by atoms with E-state index in [1.807, 2.05) is 0 Å². The normalized spacial score (nSPS) is 16.5. The molecule has 1 atom stereocenters. The zero-order chi connectivity index (χ0) is 15.3. The highest BCUT2D eigenvalue weighted by Crippen LogP contribution is 2.09. The predicted octanol–water partition coefficient (Wildman–Crippen LogP) is -0.360. The van der Waals surface area contributed by atoms with E-state index in [-0.39, 0.29) is 43.8 Å². The largest absolute Gasteiger partial charge is 0.481 e. The molecule has 0 aromatic heterocycles. The fraction of sp³-hybridized carbons (Fsp3) is 0.667. The first-order valence-corrected chi connectivity index (χ1v) is 6.38. The average Bonchev–Trinajstić information content (AvgIpc) is 2.54. The molecule has 1 aliphatic rings. The zero-order valence-corrected chi connectivity index (χ0v) is 11.6. The molecule has 0 aliphatic carbocycles. The Hall–Kier alpha value is -2.12. The summed E-state index contributed by atoms with van der Waals surface area (Å²) in [4.78, 5) is 47.4. The molecule has 1 fully saturated rings. The number of rotatable bonds is 7. The number of carboxylic acid groups (broad SMARTS) is 1. The molecule has 8 heteroatoms. The van der Waals surface area contributed by atoms with Gasteiger partial charge < -0.3 is 15.3 Å². The fourth-order valence-electron chi connectivity index (χ4n) is 1.95. The number of carboxylic acids is 1. The summed E-state index contributed by atoms with van der Waals surface area (Å²) in [5, 5.41) is 11.1. The van der Waals surface area contributed by atoms with Gasteiger partial charge in [-0.1, -0.05) is 0 Å². The summed E-state index contributed by atoms with van der Waals surface area (Å²) in [6.45, 7) is 1.87. The Morgan fingerprint density at radius 2 is 2.05 bits per heavy atom. The molecule has 1 rings (SSSR count). The summed E-state index contributed by atoms with van der Waals surface area (Å²) in [5.74, 6) is -1.53. The van der Waals surface area contributed by atoms with Gasteiger partial charge >= 0.3 is 12.0 Å². The van der Waals surface area contributed by atoms with Crippen LogP contribution in [0.25, 0.3) is 0 Å². The smallest absolute Gasteiger partial charge is 0.326 e. The maximum absolute atomic E-state index is 11.6. The van der Waals surface area contributed by atoms with Gasteiger partial charge in [-0.25, -0.2) is 4.79 Å². The van der Waals surface area contributed by atoms with Crippen LogP contribution in [0.4, 0.5) is 4.79 Å². The predicted molar refractivity (Wildman–Crippen MR) is 68.8 cm³/mol. The molecule has 8 nitrogen and oxygen atoms in total. The number of carbonyl (C=O) groups is 4. The van der Waals surface area contributed by atoms with E-state index in [0.29, 0.717) is 6.42 Å². The monoisotopic (exact) mass is 285 g/mol. The number of urea groups is 1. The van der Waals surface area contributed by atoms with Crippen molar-refractivity contribution in [3.8, 4) is 0 Å². The van der Waals surface area contributed by atoms with Gasteiger partial charge in [0, 0.05) is 26.1 Å². The minimum absolute atomic E-state index is 0.0701. The van der Waals surface area contributed by atoms with Gasteiger partial charge in [0.05, 0.1) is 6.42 Å². The number of carbonyl (C=O) groups excluding carboxylic acids is 3. The lowest BCUT2D eigenvalue weighted by Crippen LogP contribution is -2.36. The Kier molecular flexibility index (Phi) is 5.48. The highest BCUT2D eigenvalue weighted by Gasteiger charge is 2.32. The Morgan fingerprint density at radius 1 is 1.40 bits per heavy atom. The van der Waals surface area contributed by atoms with Crippen LogP contribution >= 0.6 is 0 Å². The van der Waals surface area contributed by atoms with E-state index in [4.69, 9.17) is 5.11 Å². The van der Waals surface area contributed by atoms with Crippen LogP contribution in [0.3, 0.4) is 0 Å². The molecule has 1 aliphatic heterocycles. The number of hydrogen-bond donors (Lipinski definition) is 2. The van der Waals surface area contributed by atoms with Gasteiger partial charge in [-0.05, 0) is 13.3 Å². The van der Waals surface area contributed by atoms with E-state index in [0.717, 1.165) is 4.90 Å². The second-order valence-electron chi connectivity index (χ2n) is 4.85. The van der Waals surface area contributed by atoms with Gasteiger partial charge in [-0.15, -0.1) is 0 Å². The van der Waals surface area contributed by atoms with E-state index >= 15 is 0 Å². The third-order valence-electron chi connectivity index (χ3n) is 2.90. The van der Waals surface area contributed by atoms with Gasteiger partial charge in [0.15, 0.2) is 0 Å². The van der Waals surface area contributed by atoms with Crippen molar-refractivity contribution in [2.45, 2.75) is 32.2 Å². The Balaban J connectivity index is 2.27. The summed E-state index contributed by atoms with van der Waals surface area (Å²) >= 11 is 0. The van der Waals surface area contributed by atoms with E-state index in [9.17, 15) is 19.2 Å². The number of amides is 4. The SMILES string of the molecule is CC(CC(=O)O)NC(=O)CCCN1C(=O)CN(C)C1=O. The molecule has 20 heavy (non-hydrogen) atoms. The standard InChI is InChI=1S/C12H19N3O5/c1-8(6-11(18)19)13-9(16)4-3-5-15-10(17)7-14(2)12(15)20/h8H,3-7H2,1-2H3,(H,13,16)(H,18,19). The average molecular weight is 285 g/mol. The third kappa shape index (κ3) is 4.52. The van der Waals surface area contributed by atoms with Crippen molar-refractivity contribution in [3.05, 3.63) is 0 Å². The second kappa shape index (κ2) is 6.88. The quantitative estimate of drug-likeness (QED) is 0.621. The van der Waals surface area contributed by atoms with Crippen LogP contribution in [0.5, 0.6) is 0 Å². The molecular formula is C12H19N3O5. The molecule has 1 unspecified atom stereocenters. The molecule has 1 heterocycles. The molecule has 112 valence electrons. The van der Waals surface area contributed by atoms with Crippen molar-refractivity contribution < 1.29 is 24.3 Å². The van der Waals surface area contributed by atoms with Crippen LogP contribution in [0.1, 0.15) is 26.2 Å². The molecule has 2 N–H and O–H groups in total. The van der Waals surface area contributed by atoms with Crippen molar-refractivity contribution >= 4 is 23.8 Å². The van der Waals surface area contributed by atoms with Gasteiger partial charge in [-0.2, -0.15) is 0 Å². The Morgan fingerprint density at radius 3 is 2.55 bits per heavy atom. The number of likely N-dealkylation sites (N-methyl/N-ethyl adjacent to an activating group) is 1. The molecule has 0 bridgehead atoms. The summed E-state index contributed by atoms with van der Waals surface area (Å²) in [6.07, 6.45) is 0.362. The number of nitrogens with one attached hydrogen (secondary N) is 1. The van der Waals surface area contributed by atoms with E-state index < -0.39 is 12.0 Å². The number of imide groups is 1. The van der Waals surface area contributed by atoms with Crippen molar-refractivity contribution in [2.75, 3.05) is 20.1 Å². The topological polar surface area (TPSA) is 107 Å². The Labute approximate surface area is 116 Å². The molecule has 4 amide bonds. The van der Waals surface area contributed by atoms with Gasteiger partial charge in [0.1, 0.15) is 6.54 Å². The maximum atomic E-state index is 11.6. The summed E-state index contributed by atoms with van der Waals surface area (Å²) < 4.78 is 0. The first kappa shape index (κ1) is 15.9. The van der Waals surface area contributed by atoms with Gasteiger partial charge in [0.2, 0.25) is 11.8 Å². The van der Waals surface area contributed by atoms with Crippen LogP contribution in [0.2, 0.25) is 0 Å². The first-order chi connectivity index (χ1) is 9.31. The number of nitrogens with zero attached hydrogens (tertiary/aromatic N) is 2. The molecule has 0 saturated carbocycles. The molecule has 0 spiro atoms. The minimum Gasteiger partial charge on any atom is -0.481 e. The van der Waals surface area contributed by atoms with Crippen molar-refractivity contribution in [3.63, 3.8) is 0 Å². The van der Waals surface area contributed by atoms with Crippen LogP contribution in [-0.4, -0.2) is 64.9 Å². The van der Waals surface area contributed by atoms with Crippen molar-refractivity contribution in [2.24, 2.45) is 0 Å². The number of aliphatic carboxylic acids is 1. The van der Waals surface area contributed by atoms with Gasteiger partial charge in [-0.3, -0.25) is 19.3 Å². The lowest BCUT2D eigenvalue weighted by Gasteiger charge is -2.15. The highest BCUT2D eigenvalue weighted by atomic mass is 16.4.